The number of halogens is 2. The van der Waals surface area contributed by atoms with Crippen LogP contribution in [0.3, 0.4) is 0 Å². The number of nitrogens with one attached hydrogen (secondary N) is 1. The molecule has 0 unspecified atom stereocenters. The summed E-state index contributed by atoms with van der Waals surface area (Å²) in [4.78, 5) is 26.7. The number of hydrogen-bond donors (Lipinski definition) is 1. The van der Waals surface area contributed by atoms with E-state index in [2.05, 4.69) is 63.0 Å². The maximum absolute atomic E-state index is 13.6. The monoisotopic (exact) mass is 636 g/mol. The summed E-state index contributed by atoms with van der Waals surface area (Å²) in [5.74, 6) is -0.257. The van der Waals surface area contributed by atoms with Crippen LogP contribution in [0.1, 0.15) is 13.8 Å². The van der Waals surface area contributed by atoms with E-state index in [1.54, 1.807) is 12.1 Å². The Morgan fingerprint density at radius 3 is 2.48 bits per heavy atom. The van der Waals surface area contributed by atoms with Crippen LogP contribution >= 0.6 is 11.6 Å². The fraction of sp³-hybridized carbons (Fsp3) is 0.194. The Balaban J connectivity index is 1.32. The second-order valence-electron chi connectivity index (χ2n) is 9.78. The van der Waals surface area contributed by atoms with Crippen LogP contribution in [-0.4, -0.2) is 54.0 Å². The number of hydrogen-bond acceptors (Lipinski definition) is 8. The molecule has 0 amide bonds. The summed E-state index contributed by atoms with van der Waals surface area (Å²) >= 11 is 5.76. The average molecular weight is 637 g/mol. The van der Waals surface area contributed by atoms with Gasteiger partial charge in [0.1, 0.15) is 18.0 Å². The van der Waals surface area contributed by atoms with E-state index in [1.165, 1.54) is 18.5 Å². The van der Waals surface area contributed by atoms with Crippen LogP contribution in [0, 0.1) is 5.82 Å². The van der Waals surface area contributed by atoms with Crippen LogP contribution in [0.4, 0.5) is 21.6 Å². The van der Waals surface area contributed by atoms with Gasteiger partial charge in [-0.15, -0.1) is 0 Å². The molecule has 44 heavy (non-hydrogen) atoms. The lowest BCUT2D eigenvalue weighted by atomic mass is 10.1. The van der Waals surface area contributed by atoms with Crippen molar-refractivity contribution < 1.29 is 22.4 Å². The Labute approximate surface area is 259 Å². The van der Waals surface area contributed by atoms with E-state index < -0.39 is 15.8 Å². The van der Waals surface area contributed by atoms with Gasteiger partial charge in [0.15, 0.2) is 0 Å². The third-order valence-corrected chi connectivity index (χ3v) is 9.05. The highest BCUT2D eigenvalue weighted by atomic mass is 35.5. The van der Waals surface area contributed by atoms with Gasteiger partial charge in [-0.05, 0) is 73.8 Å². The van der Waals surface area contributed by atoms with Gasteiger partial charge in [0.2, 0.25) is 0 Å². The molecule has 13 heteroatoms. The van der Waals surface area contributed by atoms with Gasteiger partial charge in [-0.2, -0.15) is 8.42 Å². The standard InChI is InChI=1S/C31H30ClFN6O4S/c1-3-37(4-2)15-16-38-14-13-23-17-22(5-12-30(23)38)29-19-31(35-20-34-29)36-24-6-8-25(9-7-24)39(43-21-40)44(41,42)26-10-11-28(33)27(32)18-26/h5-14,17-21H,3-4,15-16H2,1-2H3,(H,34,35,36). The molecule has 2 aromatic heterocycles. The lowest BCUT2D eigenvalue weighted by Crippen LogP contribution is -2.30. The average Bonchev–Trinajstić information content (AvgIpc) is 3.44. The Hall–Kier alpha value is -4.52. The van der Waals surface area contributed by atoms with Crippen molar-refractivity contribution >= 4 is 56.2 Å². The highest BCUT2D eigenvalue weighted by Crippen LogP contribution is 2.29. The van der Waals surface area contributed by atoms with E-state index in [-0.39, 0.29) is 22.1 Å². The minimum absolute atomic E-state index is 0.0180. The summed E-state index contributed by atoms with van der Waals surface area (Å²) in [7, 11) is -4.40. The van der Waals surface area contributed by atoms with Crippen molar-refractivity contribution in [2.75, 3.05) is 29.4 Å². The van der Waals surface area contributed by atoms with Crippen LogP contribution in [0.2, 0.25) is 5.02 Å². The normalized spacial score (nSPS) is 11.6. The summed E-state index contributed by atoms with van der Waals surface area (Å²) in [6, 6.07) is 19.1. The molecule has 3 aromatic carbocycles. The molecule has 0 aliphatic rings. The molecule has 0 atom stereocenters. The van der Waals surface area contributed by atoms with E-state index in [0.29, 0.717) is 16.0 Å². The number of anilines is 3. The number of rotatable bonds is 13. The summed E-state index contributed by atoms with van der Waals surface area (Å²) in [6.45, 7) is 8.27. The molecule has 0 spiro atoms. The first kappa shape index (κ1) is 30.9. The van der Waals surface area contributed by atoms with Crippen LogP contribution in [0.25, 0.3) is 22.2 Å². The van der Waals surface area contributed by atoms with Gasteiger partial charge in [-0.25, -0.2) is 14.4 Å². The Morgan fingerprint density at radius 1 is 1.00 bits per heavy atom. The number of benzene rings is 3. The number of carbonyl (C=O) groups excluding carboxylic acids is 1. The van der Waals surface area contributed by atoms with E-state index in [0.717, 1.165) is 66.5 Å². The number of fused-ring (bicyclic) bond motifs is 1. The molecular formula is C31H30ClFN6O4S. The summed E-state index contributed by atoms with van der Waals surface area (Å²) in [6.07, 6.45) is 3.57. The van der Waals surface area contributed by atoms with Crippen molar-refractivity contribution in [2.45, 2.75) is 25.3 Å². The molecule has 5 aromatic rings. The number of aromatic nitrogens is 3. The molecule has 0 bridgehead atoms. The smallest absolute Gasteiger partial charge is 0.322 e. The number of likely N-dealkylation sites (N-methyl/N-ethyl adjacent to an activating group) is 1. The van der Waals surface area contributed by atoms with Gasteiger partial charge in [0.05, 0.1) is 21.3 Å². The third-order valence-electron chi connectivity index (χ3n) is 7.18. The van der Waals surface area contributed by atoms with Crippen molar-refractivity contribution in [3.63, 3.8) is 0 Å². The Kier molecular flexibility index (Phi) is 9.43. The minimum atomic E-state index is -4.40. The van der Waals surface area contributed by atoms with Crippen molar-refractivity contribution in [3.05, 3.63) is 96.2 Å². The SMILES string of the molecule is CCN(CC)CCn1ccc2cc(-c3cc(Nc4ccc(N(OC=O)S(=O)(=O)c5ccc(F)c(Cl)c5)cc4)ncn3)ccc21. The fourth-order valence-corrected chi connectivity index (χ4v) is 6.26. The summed E-state index contributed by atoms with van der Waals surface area (Å²) < 4.78 is 42.5. The zero-order valence-corrected chi connectivity index (χ0v) is 25.6. The highest BCUT2D eigenvalue weighted by Gasteiger charge is 2.28. The van der Waals surface area contributed by atoms with Crippen LogP contribution in [0.5, 0.6) is 0 Å². The molecule has 10 nitrogen and oxygen atoms in total. The predicted octanol–water partition coefficient (Wildman–Crippen LogP) is 6.26. The van der Waals surface area contributed by atoms with E-state index >= 15 is 0 Å². The second-order valence-corrected chi connectivity index (χ2v) is 11.9. The van der Waals surface area contributed by atoms with E-state index in [4.69, 9.17) is 16.4 Å². The topological polar surface area (TPSA) is 110 Å². The number of sulfonamides is 1. The fourth-order valence-electron chi connectivity index (χ4n) is 4.77. The van der Waals surface area contributed by atoms with Crippen LogP contribution < -0.4 is 9.79 Å². The maximum Gasteiger partial charge on any atom is 0.322 e. The molecule has 228 valence electrons. The highest BCUT2D eigenvalue weighted by molar-refractivity contribution is 7.92. The lowest BCUT2D eigenvalue weighted by Gasteiger charge is -2.21. The molecule has 5 rings (SSSR count). The first-order valence-electron chi connectivity index (χ1n) is 13.8. The van der Waals surface area contributed by atoms with Gasteiger partial charge in [0.25, 0.3) is 10.0 Å². The summed E-state index contributed by atoms with van der Waals surface area (Å²) in [5.41, 5.74) is 3.45. The molecule has 0 fully saturated rings. The first-order chi connectivity index (χ1) is 21.2. The third kappa shape index (κ3) is 6.67. The Morgan fingerprint density at radius 2 is 1.77 bits per heavy atom. The van der Waals surface area contributed by atoms with Gasteiger partial charge in [-0.1, -0.05) is 36.0 Å². The molecule has 2 heterocycles. The molecule has 0 aliphatic heterocycles. The van der Waals surface area contributed by atoms with Gasteiger partial charge >= 0.3 is 6.47 Å². The van der Waals surface area contributed by atoms with Gasteiger partial charge < -0.3 is 19.6 Å². The molecular weight excluding hydrogens is 607 g/mol. The molecule has 1 N–H and O–H groups in total. The van der Waals surface area contributed by atoms with Crippen molar-refractivity contribution in [2.24, 2.45) is 0 Å². The molecule has 0 saturated carbocycles. The molecule has 0 radical (unpaired) electrons. The second kappa shape index (κ2) is 13.4. The van der Waals surface area contributed by atoms with Crippen molar-refractivity contribution in [1.82, 2.24) is 19.4 Å². The molecule has 0 saturated heterocycles. The first-order valence-corrected chi connectivity index (χ1v) is 15.7. The van der Waals surface area contributed by atoms with Crippen molar-refractivity contribution in [3.8, 4) is 11.3 Å². The van der Waals surface area contributed by atoms with E-state index in [9.17, 15) is 17.6 Å². The van der Waals surface area contributed by atoms with Gasteiger partial charge in [0, 0.05) is 47.5 Å². The zero-order valence-electron chi connectivity index (χ0n) is 24.0. The van der Waals surface area contributed by atoms with Crippen LogP contribution in [0.15, 0.2) is 90.2 Å². The minimum Gasteiger partial charge on any atom is -0.346 e. The zero-order chi connectivity index (χ0) is 31.3. The van der Waals surface area contributed by atoms with E-state index in [1.807, 2.05) is 12.1 Å². The number of carbonyl (C=O) groups is 1. The lowest BCUT2D eigenvalue weighted by molar-refractivity contribution is -0.128. The Bertz CT molecular complexity index is 1880. The predicted molar refractivity (Wildman–Crippen MR) is 169 cm³/mol. The largest absolute Gasteiger partial charge is 0.346 e. The van der Waals surface area contributed by atoms with Crippen molar-refractivity contribution in [1.29, 1.82) is 0 Å². The maximum atomic E-state index is 13.6. The molecule has 0 aliphatic carbocycles. The van der Waals surface area contributed by atoms with Crippen LogP contribution in [-0.2, 0) is 26.2 Å². The quantitative estimate of drug-likeness (QED) is 0.119. The van der Waals surface area contributed by atoms with Gasteiger partial charge in [-0.3, -0.25) is 4.79 Å². The summed E-state index contributed by atoms with van der Waals surface area (Å²) in [5, 5.41) is 3.91. The number of nitrogens with zero attached hydrogens (tertiary/aromatic N) is 5.